The number of ether oxygens (including phenoxy) is 1. The lowest BCUT2D eigenvalue weighted by Gasteiger charge is -2.35. The molecule has 0 saturated heterocycles. The van der Waals surface area contributed by atoms with Crippen LogP contribution in [0.25, 0.3) is 22.3 Å². The summed E-state index contributed by atoms with van der Waals surface area (Å²) in [6, 6.07) is 13.9. The third kappa shape index (κ3) is 3.15. The lowest BCUT2D eigenvalue weighted by Crippen LogP contribution is -2.44. The third-order valence-electron chi connectivity index (χ3n) is 5.64. The summed E-state index contributed by atoms with van der Waals surface area (Å²) in [6.07, 6.45) is 6.26. The molecule has 1 unspecified atom stereocenters. The summed E-state index contributed by atoms with van der Waals surface area (Å²) >= 11 is 0. The molecule has 4 heteroatoms. The van der Waals surface area contributed by atoms with Gasteiger partial charge in [0, 0.05) is 29.8 Å². The lowest BCUT2D eigenvalue weighted by molar-refractivity contribution is -0.0119. The van der Waals surface area contributed by atoms with E-state index in [1.807, 2.05) is 48.7 Å². The van der Waals surface area contributed by atoms with Crippen molar-refractivity contribution in [3.8, 4) is 11.4 Å². The SMILES string of the molecule is CCCCC1(OC)CCc2ccc(-c3ncc4ccccc4n3)cc2C1=O. The molecular weight excluding hydrogens is 336 g/mol. The van der Waals surface area contributed by atoms with E-state index in [1.165, 1.54) is 0 Å². The van der Waals surface area contributed by atoms with E-state index >= 15 is 0 Å². The first-order valence-electron chi connectivity index (χ1n) is 9.62. The van der Waals surface area contributed by atoms with Gasteiger partial charge in [-0.25, -0.2) is 9.97 Å². The van der Waals surface area contributed by atoms with E-state index < -0.39 is 5.60 Å². The van der Waals surface area contributed by atoms with Crippen LogP contribution < -0.4 is 0 Å². The number of ketones is 1. The number of hydrogen-bond acceptors (Lipinski definition) is 4. The normalized spacial score (nSPS) is 19.3. The molecule has 0 amide bonds. The van der Waals surface area contributed by atoms with Gasteiger partial charge in [0.1, 0.15) is 5.60 Å². The summed E-state index contributed by atoms with van der Waals surface area (Å²) in [7, 11) is 1.66. The maximum absolute atomic E-state index is 13.3. The van der Waals surface area contributed by atoms with Crippen molar-refractivity contribution in [2.24, 2.45) is 0 Å². The summed E-state index contributed by atoms with van der Waals surface area (Å²) in [6.45, 7) is 2.14. The molecule has 0 saturated carbocycles. The van der Waals surface area contributed by atoms with Crippen LogP contribution in [0.15, 0.2) is 48.7 Å². The average Bonchev–Trinajstić information content (AvgIpc) is 2.73. The van der Waals surface area contributed by atoms with Crippen LogP contribution in [0.5, 0.6) is 0 Å². The number of carbonyl (C=O) groups excluding carboxylic acids is 1. The molecule has 0 bridgehead atoms. The number of aromatic nitrogens is 2. The lowest BCUT2D eigenvalue weighted by atomic mass is 9.76. The van der Waals surface area contributed by atoms with E-state index in [0.29, 0.717) is 5.82 Å². The average molecular weight is 360 g/mol. The van der Waals surface area contributed by atoms with Crippen molar-refractivity contribution in [1.82, 2.24) is 9.97 Å². The zero-order valence-electron chi connectivity index (χ0n) is 15.9. The van der Waals surface area contributed by atoms with Gasteiger partial charge in [-0.3, -0.25) is 4.79 Å². The van der Waals surface area contributed by atoms with Gasteiger partial charge in [-0.15, -0.1) is 0 Å². The van der Waals surface area contributed by atoms with E-state index in [9.17, 15) is 4.79 Å². The van der Waals surface area contributed by atoms with Crippen molar-refractivity contribution >= 4 is 16.7 Å². The van der Waals surface area contributed by atoms with Crippen LogP contribution in [0.2, 0.25) is 0 Å². The number of para-hydroxylation sites is 1. The highest BCUT2D eigenvalue weighted by Gasteiger charge is 2.42. The number of rotatable bonds is 5. The van der Waals surface area contributed by atoms with Gasteiger partial charge < -0.3 is 4.74 Å². The Hall–Kier alpha value is -2.59. The third-order valence-corrected chi connectivity index (χ3v) is 5.64. The maximum atomic E-state index is 13.3. The van der Waals surface area contributed by atoms with E-state index in [2.05, 4.69) is 16.9 Å². The smallest absolute Gasteiger partial charge is 0.194 e. The van der Waals surface area contributed by atoms with E-state index in [0.717, 1.165) is 59.7 Å². The Bertz CT molecular complexity index is 999. The number of methoxy groups -OCH3 is 1. The van der Waals surface area contributed by atoms with Crippen LogP contribution in [-0.4, -0.2) is 28.5 Å². The number of unbranched alkanes of at least 4 members (excludes halogenated alkanes) is 1. The number of hydrogen-bond donors (Lipinski definition) is 0. The highest BCUT2D eigenvalue weighted by Crippen LogP contribution is 2.36. The molecule has 0 radical (unpaired) electrons. The zero-order valence-corrected chi connectivity index (χ0v) is 15.9. The molecular formula is C23H24N2O2. The molecule has 0 N–H and O–H groups in total. The fourth-order valence-corrected chi connectivity index (χ4v) is 3.95. The standard InChI is InChI=1S/C23H24N2O2/c1-3-4-12-23(27-2)13-11-16-9-10-17(14-19(16)21(23)26)22-24-15-18-7-5-6-8-20(18)25-22/h5-10,14-15H,3-4,11-13H2,1-2H3. The largest absolute Gasteiger partial charge is 0.370 e. The Labute approximate surface area is 159 Å². The first-order valence-corrected chi connectivity index (χ1v) is 9.62. The number of fused-ring (bicyclic) bond motifs is 2. The second kappa shape index (κ2) is 7.20. The fraction of sp³-hybridized carbons (Fsp3) is 0.348. The van der Waals surface area contributed by atoms with Gasteiger partial charge in [0.15, 0.2) is 11.6 Å². The van der Waals surface area contributed by atoms with Gasteiger partial charge in [-0.2, -0.15) is 0 Å². The summed E-state index contributed by atoms with van der Waals surface area (Å²) in [5.41, 5.74) is 2.93. The quantitative estimate of drug-likeness (QED) is 0.642. The summed E-state index contributed by atoms with van der Waals surface area (Å²) < 4.78 is 5.77. The first-order chi connectivity index (χ1) is 13.2. The Balaban J connectivity index is 1.74. The molecule has 4 nitrogen and oxygen atoms in total. The van der Waals surface area contributed by atoms with Gasteiger partial charge in [0.05, 0.1) is 5.52 Å². The first kappa shape index (κ1) is 17.8. The Kier molecular flexibility index (Phi) is 4.75. The molecule has 1 aromatic heterocycles. The number of nitrogens with zero attached hydrogens (tertiary/aromatic N) is 2. The van der Waals surface area contributed by atoms with Gasteiger partial charge >= 0.3 is 0 Å². The number of Topliss-reactive ketones (excluding diaryl/α,β-unsaturated/α-hetero) is 1. The Morgan fingerprint density at radius 1 is 1.19 bits per heavy atom. The molecule has 1 aliphatic carbocycles. The summed E-state index contributed by atoms with van der Waals surface area (Å²) in [4.78, 5) is 22.5. The van der Waals surface area contributed by atoms with Crippen molar-refractivity contribution in [3.05, 3.63) is 59.8 Å². The molecule has 138 valence electrons. The second-order valence-electron chi connectivity index (χ2n) is 7.26. The van der Waals surface area contributed by atoms with Crippen LogP contribution in [-0.2, 0) is 11.2 Å². The van der Waals surface area contributed by atoms with Crippen molar-refractivity contribution in [1.29, 1.82) is 0 Å². The van der Waals surface area contributed by atoms with E-state index in [1.54, 1.807) is 7.11 Å². The highest BCUT2D eigenvalue weighted by atomic mass is 16.5. The molecule has 4 rings (SSSR count). The van der Waals surface area contributed by atoms with Crippen LogP contribution >= 0.6 is 0 Å². The molecule has 1 heterocycles. The van der Waals surface area contributed by atoms with Gasteiger partial charge in [-0.05, 0) is 37.0 Å². The van der Waals surface area contributed by atoms with Crippen LogP contribution in [0, 0.1) is 0 Å². The predicted octanol–water partition coefficient (Wildman–Crippen LogP) is 5.00. The van der Waals surface area contributed by atoms with Gasteiger partial charge in [0.2, 0.25) is 0 Å². The van der Waals surface area contributed by atoms with E-state index in [4.69, 9.17) is 4.74 Å². The van der Waals surface area contributed by atoms with Crippen molar-refractivity contribution in [2.75, 3.05) is 7.11 Å². The van der Waals surface area contributed by atoms with Crippen LogP contribution in [0.4, 0.5) is 0 Å². The minimum absolute atomic E-state index is 0.0994. The fourth-order valence-electron chi connectivity index (χ4n) is 3.95. The van der Waals surface area contributed by atoms with Crippen molar-refractivity contribution in [2.45, 2.75) is 44.6 Å². The summed E-state index contributed by atoms with van der Waals surface area (Å²) in [5, 5.41) is 1.01. The molecule has 27 heavy (non-hydrogen) atoms. The van der Waals surface area contributed by atoms with E-state index in [-0.39, 0.29) is 5.78 Å². The molecule has 2 aromatic carbocycles. The molecule has 0 fully saturated rings. The van der Waals surface area contributed by atoms with Crippen LogP contribution in [0.1, 0.15) is 48.5 Å². The van der Waals surface area contributed by atoms with Crippen molar-refractivity contribution in [3.63, 3.8) is 0 Å². The monoisotopic (exact) mass is 360 g/mol. The molecule has 0 spiro atoms. The topological polar surface area (TPSA) is 52.1 Å². The van der Waals surface area contributed by atoms with Gasteiger partial charge in [-0.1, -0.05) is 50.1 Å². The second-order valence-corrected chi connectivity index (χ2v) is 7.26. The molecule has 3 aromatic rings. The Morgan fingerprint density at radius 2 is 2.04 bits per heavy atom. The number of carbonyl (C=O) groups is 1. The molecule has 1 atom stereocenters. The Morgan fingerprint density at radius 3 is 2.85 bits per heavy atom. The maximum Gasteiger partial charge on any atom is 0.194 e. The highest BCUT2D eigenvalue weighted by molar-refractivity contribution is 6.05. The van der Waals surface area contributed by atoms with Crippen LogP contribution in [0.3, 0.4) is 0 Å². The number of aryl methyl sites for hydroxylation is 1. The number of benzene rings is 2. The minimum atomic E-state index is -0.689. The molecule has 0 aliphatic heterocycles. The van der Waals surface area contributed by atoms with Gasteiger partial charge in [0.25, 0.3) is 0 Å². The van der Waals surface area contributed by atoms with Crippen molar-refractivity contribution < 1.29 is 9.53 Å². The minimum Gasteiger partial charge on any atom is -0.370 e. The summed E-state index contributed by atoms with van der Waals surface area (Å²) in [5.74, 6) is 0.744. The predicted molar refractivity (Wildman–Crippen MR) is 107 cm³/mol. The molecule has 1 aliphatic rings. The zero-order chi connectivity index (χ0) is 18.9.